The molecule has 0 aromatic heterocycles. The number of nitro groups is 1. The number of amides is 1. The number of anilines is 2. The largest absolute Gasteiger partial charge is 0.398 e. The number of hydrogen-bond acceptors (Lipinski definition) is 4. The smallest absolute Gasteiger partial charge is 0.274 e. The minimum absolute atomic E-state index is 0.0499. The number of nitrogens with two attached hydrogens (primary N) is 1. The molecule has 0 unspecified atom stereocenters. The lowest BCUT2D eigenvalue weighted by Crippen LogP contribution is -2.14. The predicted octanol–water partition coefficient (Wildman–Crippen LogP) is 3.22. The van der Waals surface area contributed by atoms with Crippen molar-refractivity contribution in [3.8, 4) is 0 Å². The van der Waals surface area contributed by atoms with Crippen molar-refractivity contribution in [2.75, 3.05) is 11.1 Å². The summed E-state index contributed by atoms with van der Waals surface area (Å²) >= 11 is 5.77. The van der Waals surface area contributed by atoms with E-state index in [4.69, 9.17) is 17.3 Å². The van der Waals surface area contributed by atoms with Gasteiger partial charge >= 0.3 is 0 Å². The van der Waals surface area contributed by atoms with Crippen LogP contribution in [0.2, 0.25) is 5.02 Å². The van der Waals surface area contributed by atoms with Gasteiger partial charge in [-0.3, -0.25) is 14.9 Å². The van der Waals surface area contributed by atoms with Crippen molar-refractivity contribution in [2.24, 2.45) is 0 Å². The molecular weight excluding hydrogens is 301 g/mol. The molecule has 3 N–H and O–H groups in total. The molecule has 0 heterocycles. The number of nitro benzene ring substituents is 1. The monoisotopic (exact) mass is 309 g/mol. The van der Waals surface area contributed by atoms with Crippen molar-refractivity contribution < 1.29 is 14.1 Å². The Kier molecular flexibility index (Phi) is 4.04. The number of nitrogen functional groups attached to an aromatic ring is 1. The molecule has 0 saturated heterocycles. The number of hydrogen-bond donors (Lipinski definition) is 2. The van der Waals surface area contributed by atoms with Crippen LogP contribution in [-0.2, 0) is 0 Å². The Hall–Kier alpha value is -2.67. The van der Waals surface area contributed by atoms with Crippen LogP contribution < -0.4 is 11.1 Å². The van der Waals surface area contributed by atoms with Crippen molar-refractivity contribution in [1.29, 1.82) is 0 Å². The molecule has 0 bridgehead atoms. The Bertz CT molecular complexity index is 737. The number of nitrogens with one attached hydrogen (secondary N) is 1. The Labute approximate surface area is 123 Å². The average Bonchev–Trinajstić information content (AvgIpc) is 2.40. The molecule has 0 aliphatic rings. The van der Waals surface area contributed by atoms with Crippen LogP contribution in [0.1, 0.15) is 10.4 Å². The summed E-state index contributed by atoms with van der Waals surface area (Å²) in [6, 6.07) is 7.07. The lowest BCUT2D eigenvalue weighted by molar-refractivity contribution is -0.385. The van der Waals surface area contributed by atoms with Gasteiger partial charge in [0.2, 0.25) is 0 Å². The van der Waals surface area contributed by atoms with E-state index in [-0.39, 0.29) is 16.9 Å². The normalized spacial score (nSPS) is 10.2. The number of benzene rings is 2. The molecule has 2 aromatic carbocycles. The maximum atomic E-state index is 13.3. The Morgan fingerprint density at radius 3 is 2.67 bits per heavy atom. The van der Waals surface area contributed by atoms with E-state index in [2.05, 4.69) is 5.32 Å². The third kappa shape index (κ3) is 3.46. The SMILES string of the molecule is Nc1ccc(Cl)cc1C(=O)Nc1cc(F)cc([N+](=O)[O-])c1. The predicted molar refractivity (Wildman–Crippen MR) is 76.9 cm³/mol. The highest BCUT2D eigenvalue weighted by atomic mass is 35.5. The third-order valence-corrected chi connectivity index (χ3v) is 2.85. The molecule has 1 amide bonds. The number of carbonyl (C=O) groups is 1. The molecule has 8 heteroatoms. The second-order valence-electron chi connectivity index (χ2n) is 4.14. The van der Waals surface area contributed by atoms with Crippen LogP contribution >= 0.6 is 11.6 Å². The van der Waals surface area contributed by atoms with E-state index < -0.39 is 22.3 Å². The summed E-state index contributed by atoms with van der Waals surface area (Å²) in [5.41, 5.74) is 5.41. The highest BCUT2D eigenvalue weighted by Gasteiger charge is 2.14. The van der Waals surface area contributed by atoms with Gasteiger partial charge in [-0.2, -0.15) is 0 Å². The van der Waals surface area contributed by atoms with E-state index in [1.54, 1.807) is 0 Å². The molecule has 0 atom stereocenters. The van der Waals surface area contributed by atoms with E-state index in [1.807, 2.05) is 0 Å². The van der Waals surface area contributed by atoms with Gasteiger partial charge in [0.1, 0.15) is 5.82 Å². The van der Waals surface area contributed by atoms with Gasteiger partial charge in [-0.25, -0.2) is 4.39 Å². The second-order valence-corrected chi connectivity index (χ2v) is 4.58. The first-order chi connectivity index (χ1) is 9.86. The molecule has 0 aliphatic heterocycles. The molecular formula is C13H9ClFN3O3. The quantitative estimate of drug-likeness (QED) is 0.516. The number of non-ortho nitro benzene ring substituents is 1. The summed E-state index contributed by atoms with van der Waals surface area (Å²) in [4.78, 5) is 21.9. The van der Waals surface area contributed by atoms with Crippen molar-refractivity contribution >= 4 is 34.6 Å². The highest BCUT2D eigenvalue weighted by Crippen LogP contribution is 2.23. The lowest BCUT2D eigenvalue weighted by Gasteiger charge is -2.08. The van der Waals surface area contributed by atoms with Gasteiger partial charge in [0.05, 0.1) is 22.2 Å². The summed E-state index contributed by atoms with van der Waals surface area (Å²) in [6.45, 7) is 0. The summed E-state index contributed by atoms with van der Waals surface area (Å²) < 4.78 is 13.3. The second kappa shape index (κ2) is 5.76. The molecule has 0 saturated carbocycles. The molecule has 6 nitrogen and oxygen atoms in total. The third-order valence-electron chi connectivity index (χ3n) is 2.61. The standard InChI is InChI=1S/C13H9ClFN3O3/c14-7-1-2-12(16)11(3-7)13(19)17-9-4-8(15)5-10(6-9)18(20)21/h1-6H,16H2,(H,17,19). The maximum Gasteiger partial charge on any atom is 0.274 e. The molecule has 0 fully saturated rings. The topological polar surface area (TPSA) is 98.3 Å². The Morgan fingerprint density at radius 1 is 1.29 bits per heavy atom. The summed E-state index contributed by atoms with van der Waals surface area (Å²) in [5, 5.41) is 13.3. The van der Waals surface area contributed by atoms with E-state index >= 15 is 0 Å². The van der Waals surface area contributed by atoms with Crippen LogP contribution in [0.15, 0.2) is 36.4 Å². The molecule has 0 spiro atoms. The fourth-order valence-electron chi connectivity index (χ4n) is 1.68. The van der Waals surface area contributed by atoms with Crippen LogP contribution in [0.5, 0.6) is 0 Å². The van der Waals surface area contributed by atoms with Crippen LogP contribution in [-0.4, -0.2) is 10.8 Å². The van der Waals surface area contributed by atoms with Gasteiger partial charge in [0.15, 0.2) is 0 Å². The molecule has 2 rings (SSSR count). The number of carbonyl (C=O) groups excluding carboxylic acids is 1. The van der Waals surface area contributed by atoms with E-state index in [9.17, 15) is 19.3 Å². The van der Waals surface area contributed by atoms with Crippen molar-refractivity contribution in [2.45, 2.75) is 0 Å². The van der Waals surface area contributed by atoms with E-state index in [0.717, 1.165) is 18.2 Å². The zero-order valence-electron chi connectivity index (χ0n) is 10.5. The average molecular weight is 310 g/mol. The van der Waals surface area contributed by atoms with Gasteiger partial charge < -0.3 is 11.1 Å². The van der Waals surface area contributed by atoms with Crippen LogP contribution in [0.4, 0.5) is 21.5 Å². The van der Waals surface area contributed by atoms with Gasteiger partial charge in [0, 0.05) is 16.8 Å². The Balaban J connectivity index is 2.31. The van der Waals surface area contributed by atoms with Crippen LogP contribution in [0.25, 0.3) is 0 Å². The first-order valence-electron chi connectivity index (χ1n) is 5.68. The van der Waals surface area contributed by atoms with Crippen molar-refractivity contribution in [1.82, 2.24) is 0 Å². The number of rotatable bonds is 3. The summed E-state index contributed by atoms with van der Waals surface area (Å²) in [7, 11) is 0. The zero-order valence-corrected chi connectivity index (χ0v) is 11.2. The lowest BCUT2D eigenvalue weighted by atomic mass is 10.1. The van der Waals surface area contributed by atoms with Crippen molar-refractivity contribution in [3.05, 3.63) is 62.9 Å². The highest BCUT2D eigenvalue weighted by molar-refractivity contribution is 6.31. The fraction of sp³-hybridized carbons (Fsp3) is 0. The molecule has 21 heavy (non-hydrogen) atoms. The molecule has 0 aliphatic carbocycles. The number of nitrogens with zero attached hydrogens (tertiary/aromatic N) is 1. The van der Waals surface area contributed by atoms with Gasteiger partial charge in [-0.15, -0.1) is 0 Å². The molecule has 108 valence electrons. The minimum atomic E-state index is -0.835. The first kappa shape index (κ1) is 14.7. The zero-order chi connectivity index (χ0) is 15.6. The fourth-order valence-corrected chi connectivity index (χ4v) is 1.85. The maximum absolute atomic E-state index is 13.3. The molecule has 2 aromatic rings. The van der Waals surface area contributed by atoms with E-state index in [0.29, 0.717) is 5.02 Å². The van der Waals surface area contributed by atoms with Crippen LogP contribution in [0, 0.1) is 15.9 Å². The van der Waals surface area contributed by atoms with Crippen molar-refractivity contribution in [3.63, 3.8) is 0 Å². The van der Waals surface area contributed by atoms with Gasteiger partial charge in [-0.05, 0) is 24.3 Å². The van der Waals surface area contributed by atoms with Gasteiger partial charge in [0.25, 0.3) is 11.6 Å². The number of halogens is 2. The summed E-state index contributed by atoms with van der Waals surface area (Å²) in [5.74, 6) is -1.48. The Morgan fingerprint density at radius 2 is 2.00 bits per heavy atom. The van der Waals surface area contributed by atoms with Gasteiger partial charge in [-0.1, -0.05) is 11.6 Å². The molecule has 0 radical (unpaired) electrons. The van der Waals surface area contributed by atoms with E-state index in [1.165, 1.54) is 18.2 Å². The minimum Gasteiger partial charge on any atom is -0.398 e. The first-order valence-corrected chi connectivity index (χ1v) is 6.06. The summed E-state index contributed by atoms with van der Waals surface area (Å²) in [6.07, 6.45) is 0. The van der Waals surface area contributed by atoms with Crippen LogP contribution in [0.3, 0.4) is 0 Å².